The third-order valence-electron chi connectivity index (χ3n) is 6.79. The zero-order valence-corrected chi connectivity index (χ0v) is 21.0. The van der Waals surface area contributed by atoms with E-state index in [2.05, 4.69) is 26.0 Å². The lowest BCUT2D eigenvalue weighted by Gasteiger charge is -2.26. The standard InChI is InChI=1S/C29H35NO3/c1-16(2)13-25(29(32)33)26-21(7)28(31)30(24-12-10-18(4)20(6)15-24)22(8)27(26)23-11-9-17(3)19(5)14-23/h9-12,14-16,25H,13H2,1-8H3,(H,32,33). The molecule has 4 heteroatoms. The van der Waals surface area contributed by atoms with Gasteiger partial charge in [-0.05, 0) is 99.4 Å². The van der Waals surface area contributed by atoms with Crippen molar-refractivity contribution in [3.63, 3.8) is 0 Å². The van der Waals surface area contributed by atoms with Crippen LogP contribution < -0.4 is 5.56 Å². The van der Waals surface area contributed by atoms with Gasteiger partial charge in [0.05, 0.1) is 5.92 Å². The fourth-order valence-electron chi connectivity index (χ4n) is 4.62. The van der Waals surface area contributed by atoms with E-state index in [-0.39, 0.29) is 11.5 Å². The highest BCUT2D eigenvalue weighted by Crippen LogP contribution is 2.38. The first kappa shape index (κ1) is 24.5. The van der Waals surface area contributed by atoms with E-state index in [1.165, 1.54) is 5.56 Å². The van der Waals surface area contributed by atoms with Crippen LogP contribution in [0, 0.1) is 47.5 Å². The molecule has 0 aliphatic rings. The van der Waals surface area contributed by atoms with Crippen molar-refractivity contribution >= 4 is 5.97 Å². The lowest BCUT2D eigenvalue weighted by atomic mass is 9.82. The highest BCUT2D eigenvalue weighted by molar-refractivity contribution is 5.83. The fourth-order valence-corrected chi connectivity index (χ4v) is 4.62. The Bertz CT molecular complexity index is 1280. The Morgan fingerprint density at radius 3 is 1.97 bits per heavy atom. The molecule has 0 saturated carbocycles. The van der Waals surface area contributed by atoms with E-state index in [4.69, 9.17) is 0 Å². The van der Waals surface area contributed by atoms with E-state index < -0.39 is 11.9 Å². The third kappa shape index (κ3) is 4.66. The largest absolute Gasteiger partial charge is 0.481 e. The number of aromatic nitrogens is 1. The molecule has 0 radical (unpaired) electrons. The number of carbonyl (C=O) groups is 1. The minimum atomic E-state index is -0.889. The first-order chi connectivity index (χ1) is 15.4. The number of carboxylic acids is 1. The Balaban J connectivity index is 2.47. The van der Waals surface area contributed by atoms with E-state index >= 15 is 0 Å². The summed E-state index contributed by atoms with van der Waals surface area (Å²) in [5, 5.41) is 10.2. The minimum absolute atomic E-state index is 0.159. The summed E-state index contributed by atoms with van der Waals surface area (Å²) in [7, 11) is 0. The SMILES string of the molecule is Cc1ccc(-c2c(C(CC(C)C)C(=O)O)c(C)c(=O)n(-c3ccc(C)c(C)c3)c2C)cc1C. The van der Waals surface area contributed by atoms with Gasteiger partial charge in [0.25, 0.3) is 5.56 Å². The molecule has 1 heterocycles. The second kappa shape index (κ2) is 9.38. The van der Waals surface area contributed by atoms with Crippen LogP contribution in [0.1, 0.15) is 65.3 Å². The molecular weight excluding hydrogens is 410 g/mol. The summed E-state index contributed by atoms with van der Waals surface area (Å²) in [6, 6.07) is 12.2. The van der Waals surface area contributed by atoms with E-state index in [1.807, 2.05) is 58.9 Å². The monoisotopic (exact) mass is 445 g/mol. The Labute approximate surface area is 196 Å². The molecule has 2 aromatic carbocycles. The highest BCUT2D eigenvalue weighted by Gasteiger charge is 2.30. The van der Waals surface area contributed by atoms with Crippen molar-refractivity contribution in [1.82, 2.24) is 4.57 Å². The molecule has 3 rings (SSSR count). The number of aliphatic carboxylic acids is 1. The molecule has 0 spiro atoms. The zero-order valence-electron chi connectivity index (χ0n) is 21.0. The third-order valence-corrected chi connectivity index (χ3v) is 6.79. The van der Waals surface area contributed by atoms with Gasteiger partial charge in [-0.3, -0.25) is 14.2 Å². The number of aryl methyl sites for hydroxylation is 4. The smallest absolute Gasteiger partial charge is 0.311 e. The van der Waals surface area contributed by atoms with Gasteiger partial charge in [0.15, 0.2) is 0 Å². The lowest BCUT2D eigenvalue weighted by Crippen LogP contribution is -2.29. The van der Waals surface area contributed by atoms with Crippen molar-refractivity contribution in [1.29, 1.82) is 0 Å². The quantitative estimate of drug-likeness (QED) is 0.467. The van der Waals surface area contributed by atoms with Crippen LogP contribution in [0.2, 0.25) is 0 Å². The van der Waals surface area contributed by atoms with Gasteiger partial charge in [0, 0.05) is 22.5 Å². The second-order valence-electron chi connectivity index (χ2n) is 9.73. The van der Waals surface area contributed by atoms with Crippen molar-refractivity contribution in [3.05, 3.63) is 85.8 Å². The van der Waals surface area contributed by atoms with Crippen LogP contribution in [-0.2, 0) is 4.79 Å². The molecule has 0 fully saturated rings. The normalized spacial score (nSPS) is 12.3. The predicted molar refractivity (Wildman–Crippen MR) is 136 cm³/mol. The van der Waals surface area contributed by atoms with E-state index in [9.17, 15) is 14.7 Å². The van der Waals surface area contributed by atoms with Crippen LogP contribution in [0.5, 0.6) is 0 Å². The number of carboxylic acid groups (broad SMARTS) is 1. The summed E-state index contributed by atoms with van der Waals surface area (Å²) >= 11 is 0. The topological polar surface area (TPSA) is 59.3 Å². The van der Waals surface area contributed by atoms with Gasteiger partial charge in [0.1, 0.15) is 0 Å². The second-order valence-corrected chi connectivity index (χ2v) is 9.73. The molecule has 0 bridgehead atoms. The lowest BCUT2D eigenvalue weighted by molar-refractivity contribution is -0.139. The van der Waals surface area contributed by atoms with Gasteiger partial charge in [-0.25, -0.2) is 0 Å². The minimum Gasteiger partial charge on any atom is -0.481 e. The van der Waals surface area contributed by atoms with Crippen LogP contribution in [0.4, 0.5) is 0 Å². The van der Waals surface area contributed by atoms with Crippen molar-refractivity contribution in [3.8, 4) is 16.8 Å². The van der Waals surface area contributed by atoms with Crippen molar-refractivity contribution in [2.45, 2.75) is 67.7 Å². The Hall–Kier alpha value is -3.14. The Morgan fingerprint density at radius 2 is 1.45 bits per heavy atom. The summed E-state index contributed by atoms with van der Waals surface area (Å²) in [5.74, 6) is -1.46. The van der Waals surface area contributed by atoms with Gasteiger partial charge in [0.2, 0.25) is 0 Å². The zero-order chi connectivity index (χ0) is 24.6. The molecule has 0 saturated heterocycles. The molecule has 4 nitrogen and oxygen atoms in total. The Morgan fingerprint density at radius 1 is 0.879 bits per heavy atom. The van der Waals surface area contributed by atoms with Crippen molar-refractivity contribution in [2.75, 3.05) is 0 Å². The maximum absolute atomic E-state index is 13.7. The summed E-state index contributed by atoms with van der Waals surface area (Å²) in [5.41, 5.74) is 8.92. The van der Waals surface area contributed by atoms with Crippen LogP contribution in [0.15, 0.2) is 41.2 Å². The molecule has 1 N–H and O–H groups in total. The number of hydrogen-bond acceptors (Lipinski definition) is 2. The molecular formula is C29H35NO3. The average molecular weight is 446 g/mol. The number of pyridine rings is 1. The first-order valence-corrected chi connectivity index (χ1v) is 11.6. The molecule has 174 valence electrons. The Kier molecular flexibility index (Phi) is 6.97. The molecule has 3 aromatic rings. The van der Waals surface area contributed by atoms with Crippen molar-refractivity contribution in [2.24, 2.45) is 5.92 Å². The van der Waals surface area contributed by atoms with Gasteiger partial charge in [-0.1, -0.05) is 38.1 Å². The number of rotatable bonds is 6. The molecule has 33 heavy (non-hydrogen) atoms. The van der Waals surface area contributed by atoms with Crippen LogP contribution in [0.25, 0.3) is 16.8 Å². The highest BCUT2D eigenvalue weighted by atomic mass is 16.4. The number of hydrogen-bond donors (Lipinski definition) is 1. The number of nitrogens with zero attached hydrogens (tertiary/aromatic N) is 1. The summed E-state index contributed by atoms with van der Waals surface area (Å²) in [6.07, 6.45) is 0.473. The van der Waals surface area contributed by atoms with Crippen LogP contribution in [-0.4, -0.2) is 15.6 Å². The average Bonchev–Trinajstić information content (AvgIpc) is 2.73. The summed E-state index contributed by atoms with van der Waals surface area (Å²) in [4.78, 5) is 26.1. The van der Waals surface area contributed by atoms with Crippen molar-refractivity contribution < 1.29 is 9.90 Å². The maximum Gasteiger partial charge on any atom is 0.311 e. The van der Waals surface area contributed by atoms with Gasteiger partial charge < -0.3 is 5.11 Å². The first-order valence-electron chi connectivity index (χ1n) is 11.6. The maximum atomic E-state index is 13.7. The van der Waals surface area contributed by atoms with Crippen LogP contribution >= 0.6 is 0 Å². The predicted octanol–water partition coefficient (Wildman–Crippen LogP) is 6.57. The van der Waals surface area contributed by atoms with E-state index in [0.717, 1.165) is 39.2 Å². The van der Waals surface area contributed by atoms with E-state index in [1.54, 1.807) is 11.5 Å². The van der Waals surface area contributed by atoms with Crippen LogP contribution in [0.3, 0.4) is 0 Å². The molecule has 1 aromatic heterocycles. The summed E-state index contributed by atoms with van der Waals surface area (Å²) < 4.78 is 1.74. The molecule has 0 aliphatic heterocycles. The molecule has 0 aliphatic carbocycles. The summed E-state index contributed by atoms with van der Waals surface area (Å²) in [6.45, 7) is 15.9. The van der Waals surface area contributed by atoms with Gasteiger partial charge >= 0.3 is 5.97 Å². The molecule has 0 amide bonds. The van der Waals surface area contributed by atoms with E-state index in [0.29, 0.717) is 17.5 Å². The van der Waals surface area contributed by atoms with Gasteiger partial charge in [-0.15, -0.1) is 0 Å². The number of benzene rings is 2. The molecule has 1 atom stereocenters. The molecule has 1 unspecified atom stereocenters. The van der Waals surface area contributed by atoms with Gasteiger partial charge in [-0.2, -0.15) is 0 Å². The fraction of sp³-hybridized carbons (Fsp3) is 0.379.